The molecule has 0 saturated heterocycles. The van der Waals surface area contributed by atoms with Gasteiger partial charge in [0.25, 0.3) is 0 Å². The van der Waals surface area contributed by atoms with Crippen LogP contribution >= 0.6 is 15.9 Å². The Hall–Kier alpha value is -2.61. The molecule has 29 heavy (non-hydrogen) atoms. The lowest BCUT2D eigenvalue weighted by Crippen LogP contribution is -2.38. The first-order valence-electron chi connectivity index (χ1n) is 9.24. The number of esters is 1. The number of rotatable bonds is 4. The van der Waals surface area contributed by atoms with Crippen LogP contribution in [0.25, 0.3) is 0 Å². The van der Waals surface area contributed by atoms with E-state index in [9.17, 15) is 9.59 Å². The van der Waals surface area contributed by atoms with Crippen molar-refractivity contribution in [3.05, 3.63) is 57.8 Å². The number of hydrogen-bond acceptors (Lipinski definition) is 6. The molecule has 2 aromatic rings. The number of carbonyl (C=O) groups is 2. The predicted octanol–water partition coefficient (Wildman–Crippen LogP) is 4.53. The minimum Gasteiger partial charge on any atom is -0.465 e. The Morgan fingerprint density at radius 2 is 2.07 bits per heavy atom. The number of pyridine rings is 1. The molecule has 1 aromatic carbocycles. The summed E-state index contributed by atoms with van der Waals surface area (Å²) in [4.78, 5) is 30.6. The van der Waals surface area contributed by atoms with Crippen molar-refractivity contribution in [1.82, 2.24) is 9.88 Å². The third kappa shape index (κ3) is 4.87. The fourth-order valence-corrected chi connectivity index (χ4v) is 3.67. The summed E-state index contributed by atoms with van der Waals surface area (Å²) >= 11 is 3.49. The molecule has 3 rings (SSSR count). The van der Waals surface area contributed by atoms with Crippen molar-refractivity contribution in [2.24, 2.45) is 0 Å². The zero-order valence-corrected chi connectivity index (χ0v) is 18.4. The zero-order chi connectivity index (χ0) is 21.2. The minimum absolute atomic E-state index is 0.251. The minimum atomic E-state index is -0.591. The molecule has 8 heteroatoms. The quantitative estimate of drug-likeness (QED) is 0.673. The second-order valence-electron chi connectivity index (χ2n) is 7.76. The number of aromatic nitrogens is 1. The van der Waals surface area contributed by atoms with E-state index in [0.29, 0.717) is 24.3 Å². The van der Waals surface area contributed by atoms with Crippen molar-refractivity contribution in [1.29, 1.82) is 0 Å². The Morgan fingerprint density at radius 1 is 1.31 bits per heavy atom. The van der Waals surface area contributed by atoms with E-state index in [4.69, 9.17) is 9.47 Å². The van der Waals surface area contributed by atoms with Crippen LogP contribution in [0.3, 0.4) is 0 Å². The van der Waals surface area contributed by atoms with Crippen molar-refractivity contribution in [3.63, 3.8) is 0 Å². The Balaban J connectivity index is 1.86. The summed E-state index contributed by atoms with van der Waals surface area (Å²) in [5, 5.41) is 3.25. The number of anilines is 1. The molecular weight excluding hydrogens is 438 g/mol. The van der Waals surface area contributed by atoms with E-state index in [2.05, 4.69) is 26.2 Å². The van der Waals surface area contributed by atoms with Crippen LogP contribution in [-0.4, -0.2) is 41.2 Å². The van der Waals surface area contributed by atoms with E-state index in [-0.39, 0.29) is 12.1 Å². The lowest BCUT2D eigenvalue weighted by molar-refractivity contribution is 0.0182. The highest BCUT2D eigenvalue weighted by atomic mass is 79.9. The third-order valence-corrected chi connectivity index (χ3v) is 5.01. The SMILES string of the molecule is COC(=O)c1ccncc1NC[C@@H]1c2ccc(Br)cc2CN1C(=O)OC(C)(C)C. The molecule has 1 atom stereocenters. The van der Waals surface area contributed by atoms with Gasteiger partial charge in [0, 0.05) is 17.2 Å². The van der Waals surface area contributed by atoms with E-state index >= 15 is 0 Å². The van der Waals surface area contributed by atoms with Gasteiger partial charge in [0.1, 0.15) is 5.60 Å². The lowest BCUT2D eigenvalue weighted by Gasteiger charge is -2.29. The first-order valence-corrected chi connectivity index (χ1v) is 10.0. The lowest BCUT2D eigenvalue weighted by atomic mass is 10.0. The van der Waals surface area contributed by atoms with E-state index in [1.807, 2.05) is 39.0 Å². The fourth-order valence-electron chi connectivity index (χ4n) is 3.26. The summed E-state index contributed by atoms with van der Waals surface area (Å²) in [6.07, 6.45) is 2.73. The fraction of sp³-hybridized carbons (Fsp3) is 0.381. The molecule has 0 aliphatic carbocycles. The highest BCUT2D eigenvalue weighted by molar-refractivity contribution is 9.10. The van der Waals surface area contributed by atoms with Crippen molar-refractivity contribution < 1.29 is 19.1 Å². The maximum atomic E-state index is 12.8. The standard InChI is InChI=1S/C21H24BrN3O4/c1-21(2,3)29-20(27)25-12-13-9-14(22)5-6-15(13)18(25)11-24-17-10-23-8-7-16(17)19(26)28-4/h5-10,18,24H,11-12H2,1-4H3/t18-/m1/s1. The average Bonchev–Trinajstić information content (AvgIpc) is 3.02. The van der Waals surface area contributed by atoms with E-state index in [1.165, 1.54) is 13.3 Å². The second-order valence-corrected chi connectivity index (χ2v) is 8.68. The van der Waals surface area contributed by atoms with Crippen LogP contribution in [0.5, 0.6) is 0 Å². The van der Waals surface area contributed by atoms with Gasteiger partial charge in [-0.05, 0) is 50.1 Å². The van der Waals surface area contributed by atoms with Gasteiger partial charge in [0.2, 0.25) is 0 Å². The zero-order valence-electron chi connectivity index (χ0n) is 16.9. The number of ether oxygens (including phenoxy) is 2. The summed E-state index contributed by atoms with van der Waals surface area (Å²) in [5.74, 6) is -0.449. The average molecular weight is 462 g/mol. The largest absolute Gasteiger partial charge is 0.465 e. The summed E-state index contributed by atoms with van der Waals surface area (Å²) in [7, 11) is 1.34. The van der Waals surface area contributed by atoms with Crippen LogP contribution in [0, 0.1) is 0 Å². The van der Waals surface area contributed by atoms with Gasteiger partial charge in [-0.3, -0.25) is 9.88 Å². The molecule has 1 aliphatic rings. The first-order chi connectivity index (χ1) is 13.7. The van der Waals surface area contributed by atoms with Crippen molar-refractivity contribution in [3.8, 4) is 0 Å². The normalized spacial score (nSPS) is 15.6. The highest BCUT2D eigenvalue weighted by Gasteiger charge is 2.36. The predicted molar refractivity (Wildman–Crippen MR) is 113 cm³/mol. The maximum absolute atomic E-state index is 12.8. The number of hydrogen-bond donors (Lipinski definition) is 1. The van der Waals surface area contributed by atoms with Crippen LogP contribution in [0.1, 0.15) is 48.3 Å². The molecule has 0 saturated carbocycles. The van der Waals surface area contributed by atoms with Crippen LogP contribution in [-0.2, 0) is 16.0 Å². The summed E-state index contributed by atoms with van der Waals surface area (Å²) in [6, 6.07) is 7.31. The van der Waals surface area contributed by atoms with Gasteiger partial charge in [-0.25, -0.2) is 9.59 Å². The first kappa shape index (κ1) is 21.1. The Kier molecular flexibility index (Phi) is 6.12. The van der Waals surface area contributed by atoms with Crippen LogP contribution < -0.4 is 5.32 Å². The van der Waals surface area contributed by atoms with Crippen molar-refractivity contribution in [2.45, 2.75) is 39.0 Å². The third-order valence-electron chi connectivity index (χ3n) is 4.52. The number of nitrogens with one attached hydrogen (secondary N) is 1. The molecule has 2 heterocycles. The molecule has 7 nitrogen and oxygen atoms in total. The molecule has 0 bridgehead atoms. The van der Waals surface area contributed by atoms with E-state index in [0.717, 1.165) is 15.6 Å². The smallest absolute Gasteiger partial charge is 0.411 e. The van der Waals surface area contributed by atoms with Crippen molar-refractivity contribution in [2.75, 3.05) is 19.0 Å². The van der Waals surface area contributed by atoms with Crippen LogP contribution in [0.4, 0.5) is 10.5 Å². The molecule has 1 amide bonds. The number of fused-ring (bicyclic) bond motifs is 1. The van der Waals surface area contributed by atoms with E-state index < -0.39 is 11.6 Å². The Bertz CT molecular complexity index is 926. The maximum Gasteiger partial charge on any atom is 0.411 e. The Morgan fingerprint density at radius 3 is 2.76 bits per heavy atom. The van der Waals surface area contributed by atoms with Crippen molar-refractivity contribution >= 4 is 33.7 Å². The second kappa shape index (κ2) is 8.41. The van der Waals surface area contributed by atoms with Gasteiger partial charge in [-0.15, -0.1) is 0 Å². The number of carbonyl (C=O) groups excluding carboxylic acids is 2. The Labute approximate surface area is 178 Å². The molecule has 1 aliphatic heterocycles. The molecule has 154 valence electrons. The monoisotopic (exact) mass is 461 g/mol. The number of amides is 1. The number of nitrogens with zero attached hydrogens (tertiary/aromatic N) is 2. The molecule has 0 spiro atoms. The highest BCUT2D eigenvalue weighted by Crippen LogP contribution is 2.36. The molecule has 0 fully saturated rings. The number of benzene rings is 1. The topological polar surface area (TPSA) is 80.8 Å². The summed E-state index contributed by atoms with van der Waals surface area (Å²) in [6.45, 7) is 6.37. The van der Waals surface area contributed by atoms with Gasteiger partial charge in [-0.2, -0.15) is 0 Å². The molecule has 0 unspecified atom stereocenters. The molecule has 1 aromatic heterocycles. The van der Waals surface area contributed by atoms with Gasteiger partial charge in [0.05, 0.1) is 37.1 Å². The molecule has 0 radical (unpaired) electrons. The van der Waals surface area contributed by atoms with Gasteiger partial charge in [-0.1, -0.05) is 22.0 Å². The van der Waals surface area contributed by atoms with Gasteiger partial charge < -0.3 is 14.8 Å². The number of methoxy groups -OCH3 is 1. The van der Waals surface area contributed by atoms with Crippen LogP contribution in [0.15, 0.2) is 41.1 Å². The molecule has 1 N–H and O–H groups in total. The van der Waals surface area contributed by atoms with Gasteiger partial charge >= 0.3 is 12.1 Å². The van der Waals surface area contributed by atoms with E-state index in [1.54, 1.807) is 17.2 Å². The van der Waals surface area contributed by atoms with Crippen LogP contribution in [0.2, 0.25) is 0 Å². The molecular formula is C21H24BrN3O4. The summed E-state index contributed by atoms with van der Waals surface area (Å²) in [5.41, 5.74) is 2.44. The van der Waals surface area contributed by atoms with Gasteiger partial charge in [0.15, 0.2) is 0 Å². The summed E-state index contributed by atoms with van der Waals surface area (Å²) < 4.78 is 11.4. The number of halogens is 1.